The van der Waals surface area contributed by atoms with E-state index in [1.54, 1.807) is 0 Å². The van der Waals surface area contributed by atoms with Crippen LogP contribution in [0.25, 0.3) is 0 Å². The zero-order valence-corrected chi connectivity index (χ0v) is 13.5. The van der Waals surface area contributed by atoms with Gasteiger partial charge in [-0.25, -0.2) is 13.1 Å². The summed E-state index contributed by atoms with van der Waals surface area (Å²) in [6, 6.07) is 6.88. The van der Waals surface area contributed by atoms with Gasteiger partial charge in [0.25, 0.3) is 0 Å². The van der Waals surface area contributed by atoms with Gasteiger partial charge in [-0.15, -0.1) is 11.3 Å². The van der Waals surface area contributed by atoms with Crippen LogP contribution in [-0.2, 0) is 16.6 Å². The van der Waals surface area contributed by atoms with Crippen molar-refractivity contribution in [3.8, 4) is 6.07 Å². The normalized spacial score (nSPS) is 11.5. The third-order valence-electron chi connectivity index (χ3n) is 2.90. The maximum absolute atomic E-state index is 12.0. The smallest absolute Gasteiger partial charge is 0.250 e. The average Bonchev–Trinajstić information content (AvgIpc) is 3.02. The van der Waals surface area contributed by atoms with Gasteiger partial charge in [-0.05, 0) is 38.5 Å². The number of sulfonamides is 1. The van der Waals surface area contributed by atoms with Crippen LogP contribution >= 0.6 is 11.3 Å². The van der Waals surface area contributed by atoms with E-state index in [0.29, 0.717) is 24.4 Å². The van der Waals surface area contributed by atoms with Crippen LogP contribution in [0, 0.1) is 25.2 Å². The van der Waals surface area contributed by atoms with Crippen LogP contribution in [0.15, 0.2) is 22.4 Å². The van der Waals surface area contributed by atoms with Crippen LogP contribution in [0.3, 0.4) is 0 Å². The molecular formula is C13H16N4O2S2. The van der Waals surface area contributed by atoms with Gasteiger partial charge in [0, 0.05) is 18.8 Å². The van der Waals surface area contributed by atoms with Crippen LogP contribution in [0.5, 0.6) is 0 Å². The molecule has 0 fully saturated rings. The molecule has 0 unspecified atom stereocenters. The van der Waals surface area contributed by atoms with Gasteiger partial charge < -0.3 is 0 Å². The minimum absolute atomic E-state index is 0.171. The molecule has 0 aliphatic rings. The fourth-order valence-corrected chi connectivity index (χ4v) is 4.15. The molecule has 21 heavy (non-hydrogen) atoms. The standard InChI is InChI=1S/C13H16N4O2S2/c1-10-8-11(2)17(16-10)7-3-6-15-21(18,19)13-5-4-12(9-14)20-13/h4-5,8,15H,3,6-7H2,1-2H3. The molecular weight excluding hydrogens is 308 g/mol. The second kappa shape index (κ2) is 6.39. The largest absolute Gasteiger partial charge is 0.270 e. The zero-order valence-electron chi connectivity index (χ0n) is 11.8. The first kappa shape index (κ1) is 15.7. The lowest BCUT2D eigenvalue weighted by Gasteiger charge is -2.06. The Hall–Kier alpha value is -1.69. The van der Waals surface area contributed by atoms with Gasteiger partial charge >= 0.3 is 0 Å². The van der Waals surface area contributed by atoms with Crippen molar-refractivity contribution in [3.63, 3.8) is 0 Å². The summed E-state index contributed by atoms with van der Waals surface area (Å²) in [6.45, 7) is 4.89. The minimum Gasteiger partial charge on any atom is -0.270 e. The molecule has 112 valence electrons. The molecule has 0 aliphatic heterocycles. The highest BCUT2D eigenvalue weighted by Gasteiger charge is 2.16. The molecule has 1 N–H and O–H groups in total. The van der Waals surface area contributed by atoms with E-state index < -0.39 is 10.0 Å². The second-order valence-corrected chi connectivity index (χ2v) is 7.71. The Labute approximate surface area is 128 Å². The van der Waals surface area contributed by atoms with Gasteiger partial charge in [-0.1, -0.05) is 0 Å². The van der Waals surface area contributed by atoms with Crippen LogP contribution in [0.1, 0.15) is 22.7 Å². The highest BCUT2D eigenvalue weighted by atomic mass is 32.2. The number of thiophene rings is 1. The summed E-state index contributed by atoms with van der Waals surface area (Å²) in [5.74, 6) is 0. The average molecular weight is 324 g/mol. The number of hydrogen-bond donors (Lipinski definition) is 1. The summed E-state index contributed by atoms with van der Waals surface area (Å²) in [4.78, 5) is 0.387. The first-order valence-corrected chi connectivity index (χ1v) is 8.73. The predicted molar refractivity (Wildman–Crippen MR) is 80.5 cm³/mol. The number of hydrogen-bond acceptors (Lipinski definition) is 5. The number of aromatic nitrogens is 2. The minimum atomic E-state index is -3.52. The van der Waals surface area contributed by atoms with E-state index in [4.69, 9.17) is 5.26 Å². The zero-order chi connectivity index (χ0) is 15.5. The molecule has 2 rings (SSSR count). The third kappa shape index (κ3) is 3.91. The van der Waals surface area contributed by atoms with Crippen molar-refractivity contribution >= 4 is 21.4 Å². The molecule has 2 heterocycles. The highest BCUT2D eigenvalue weighted by Crippen LogP contribution is 2.20. The highest BCUT2D eigenvalue weighted by molar-refractivity contribution is 7.91. The maximum atomic E-state index is 12.0. The molecule has 8 heteroatoms. The monoisotopic (exact) mass is 324 g/mol. The predicted octanol–water partition coefficient (Wildman–Crippen LogP) is 1.80. The van der Waals surface area contributed by atoms with Crippen molar-refractivity contribution in [1.29, 1.82) is 5.26 Å². The summed E-state index contributed by atoms with van der Waals surface area (Å²) in [5.41, 5.74) is 2.02. The van der Waals surface area contributed by atoms with E-state index in [9.17, 15) is 8.42 Å². The van der Waals surface area contributed by atoms with Gasteiger partial charge in [-0.2, -0.15) is 10.4 Å². The number of nitriles is 1. The molecule has 0 bridgehead atoms. The topological polar surface area (TPSA) is 87.8 Å². The molecule has 0 saturated carbocycles. The van der Waals surface area contributed by atoms with Crippen molar-refractivity contribution in [2.45, 2.75) is 31.0 Å². The Morgan fingerprint density at radius 3 is 2.76 bits per heavy atom. The molecule has 0 aromatic carbocycles. The molecule has 0 amide bonds. The van der Waals surface area contributed by atoms with E-state index in [1.165, 1.54) is 12.1 Å². The van der Waals surface area contributed by atoms with Crippen LogP contribution < -0.4 is 4.72 Å². The van der Waals surface area contributed by atoms with Crippen molar-refractivity contribution in [1.82, 2.24) is 14.5 Å². The van der Waals surface area contributed by atoms with Crippen molar-refractivity contribution in [2.24, 2.45) is 0 Å². The summed E-state index contributed by atoms with van der Waals surface area (Å²) in [7, 11) is -3.52. The number of rotatable bonds is 6. The molecule has 0 atom stereocenters. The van der Waals surface area contributed by atoms with Gasteiger partial charge in [0.05, 0.1) is 5.69 Å². The Kier molecular flexibility index (Phi) is 4.77. The quantitative estimate of drug-likeness (QED) is 0.821. The fourth-order valence-electron chi connectivity index (χ4n) is 1.93. The van der Waals surface area contributed by atoms with E-state index in [-0.39, 0.29) is 4.21 Å². The molecule has 0 spiro atoms. The molecule has 2 aromatic heterocycles. The second-order valence-electron chi connectivity index (χ2n) is 4.63. The lowest BCUT2D eigenvalue weighted by atomic mass is 10.4. The first-order chi connectivity index (χ1) is 9.92. The van der Waals surface area contributed by atoms with E-state index in [1.807, 2.05) is 30.7 Å². The number of nitrogens with one attached hydrogen (secondary N) is 1. The molecule has 0 radical (unpaired) electrons. The van der Waals surface area contributed by atoms with Crippen LogP contribution in [0.2, 0.25) is 0 Å². The SMILES string of the molecule is Cc1cc(C)n(CCCNS(=O)(=O)c2ccc(C#N)s2)n1. The Morgan fingerprint density at radius 1 is 1.43 bits per heavy atom. The molecule has 0 saturated heterocycles. The number of aryl methyl sites for hydroxylation is 3. The summed E-state index contributed by atoms with van der Waals surface area (Å²) in [6.07, 6.45) is 0.650. The van der Waals surface area contributed by atoms with Crippen molar-refractivity contribution < 1.29 is 8.42 Å². The van der Waals surface area contributed by atoms with Gasteiger partial charge in [0.15, 0.2) is 0 Å². The summed E-state index contributed by atoms with van der Waals surface area (Å²) in [5, 5.41) is 13.0. The number of nitrogens with zero attached hydrogens (tertiary/aromatic N) is 3. The van der Waals surface area contributed by atoms with E-state index >= 15 is 0 Å². The summed E-state index contributed by atoms with van der Waals surface area (Å²) >= 11 is 0.971. The van der Waals surface area contributed by atoms with Crippen molar-refractivity contribution in [2.75, 3.05) is 6.54 Å². The Balaban J connectivity index is 1.88. The Morgan fingerprint density at radius 2 is 2.19 bits per heavy atom. The van der Waals surface area contributed by atoms with Gasteiger partial charge in [-0.3, -0.25) is 4.68 Å². The molecule has 6 nitrogen and oxygen atoms in total. The van der Waals surface area contributed by atoms with Gasteiger partial charge in [0.2, 0.25) is 10.0 Å². The van der Waals surface area contributed by atoms with Crippen LogP contribution in [0.4, 0.5) is 0 Å². The van der Waals surface area contributed by atoms with Gasteiger partial charge in [0.1, 0.15) is 15.2 Å². The third-order valence-corrected chi connectivity index (χ3v) is 5.84. The van der Waals surface area contributed by atoms with Crippen molar-refractivity contribution in [3.05, 3.63) is 34.5 Å². The first-order valence-electron chi connectivity index (χ1n) is 6.43. The van der Waals surface area contributed by atoms with E-state index in [0.717, 1.165) is 22.7 Å². The van der Waals surface area contributed by atoms with E-state index in [2.05, 4.69) is 9.82 Å². The lowest BCUT2D eigenvalue weighted by molar-refractivity contribution is 0.545. The molecule has 0 aliphatic carbocycles. The Bertz CT molecular complexity index is 768. The fraction of sp³-hybridized carbons (Fsp3) is 0.385. The maximum Gasteiger partial charge on any atom is 0.250 e. The lowest BCUT2D eigenvalue weighted by Crippen LogP contribution is -2.25. The summed E-state index contributed by atoms with van der Waals surface area (Å²) < 4.78 is 28.6. The van der Waals surface area contributed by atoms with Crippen LogP contribution in [-0.4, -0.2) is 24.7 Å². The molecule has 2 aromatic rings.